The highest BCUT2D eigenvalue weighted by Gasteiger charge is 2.25. The molecule has 0 radical (unpaired) electrons. The minimum atomic E-state index is 0.327. The van der Waals surface area contributed by atoms with Crippen LogP contribution in [0, 0.1) is 26.7 Å². The van der Waals surface area contributed by atoms with Gasteiger partial charge in [-0.1, -0.05) is 18.2 Å². The second kappa shape index (κ2) is 10.5. The van der Waals surface area contributed by atoms with Crippen LogP contribution in [-0.4, -0.2) is 60.0 Å². The smallest absolute Gasteiger partial charge is 0.222 e. The fraction of sp³-hybridized carbons (Fsp3) is 0.556. The number of piperazine rings is 1. The second-order valence-electron chi connectivity index (χ2n) is 9.70. The first kappa shape index (κ1) is 22.8. The van der Waals surface area contributed by atoms with E-state index in [4.69, 9.17) is 0 Å². The minimum absolute atomic E-state index is 0.327. The molecule has 0 unspecified atom stereocenters. The zero-order valence-electron chi connectivity index (χ0n) is 20.0. The topological polar surface area (TPSA) is 39.7 Å². The Hall–Kier alpha value is -2.40. The number of anilines is 1. The molecule has 0 N–H and O–H groups in total. The summed E-state index contributed by atoms with van der Waals surface area (Å²) in [7, 11) is 0. The van der Waals surface area contributed by atoms with Crippen molar-refractivity contribution < 1.29 is 4.79 Å². The summed E-state index contributed by atoms with van der Waals surface area (Å²) >= 11 is 0. The van der Waals surface area contributed by atoms with E-state index in [1.165, 1.54) is 41.6 Å². The number of amides is 1. The van der Waals surface area contributed by atoms with E-state index >= 15 is 0 Å². The van der Waals surface area contributed by atoms with Crippen LogP contribution >= 0.6 is 0 Å². The van der Waals surface area contributed by atoms with E-state index in [-0.39, 0.29) is 0 Å². The van der Waals surface area contributed by atoms with E-state index in [0.29, 0.717) is 18.2 Å². The maximum Gasteiger partial charge on any atom is 0.222 e. The number of likely N-dealkylation sites (tertiary alicyclic amines) is 1. The molecule has 2 aliphatic rings. The second-order valence-corrected chi connectivity index (χ2v) is 9.70. The van der Waals surface area contributed by atoms with Crippen molar-refractivity contribution in [3.8, 4) is 0 Å². The average Bonchev–Trinajstić information content (AvgIpc) is 2.82. The van der Waals surface area contributed by atoms with Crippen LogP contribution in [0.15, 0.2) is 36.5 Å². The molecule has 1 aromatic carbocycles. The van der Waals surface area contributed by atoms with Gasteiger partial charge in [0.25, 0.3) is 0 Å². The molecule has 2 fully saturated rings. The Morgan fingerprint density at radius 1 is 1.00 bits per heavy atom. The van der Waals surface area contributed by atoms with Crippen LogP contribution < -0.4 is 4.90 Å². The van der Waals surface area contributed by atoms with Gasteiger partial charge < -0.3 is 9.80 Å². The molecule has 32 heavy (non-hydrogen) atoms. The number of piperidine rings is 1. The maximum absolute atomic E-state index is 12.8. The molecule has 3 heterocycles. The highest BCUT2D eigenvalue weighted by Crippen LogP contribution is 2.25. The van der Waals surface area contributed by atoms with Gasteiger partial charge in [-0.15, -0.1) is 0 Å². The lowest BCUT2D eigenvalue weighted by Gasteiger charge is -2.36. The molecule has 172 valence electrons. The van der Waals surface area contributed by atoms with Crippen LogP contribution in [0.1, 0.15) is 47.9 Å². The highest BCUT2D eigenvalue weighted by molar-refractivity contribution is 5.76. The first-order chi connectivity index (χ1) is 15.5. The molecule has 5 nitrogen and oxygen atoms in total. The zero-order chi connectivity index (χ0) is 22.5. The Balaban J connectivity index is 1.23. The number of hydrogen-bond acceptors (Lipinski definition) is 4. The van der Waals surface area contributed by atoms with Crippen LogP contribution in [0.5, 0.6) is 0 Å². The molecule has 5 heteroatoms. The monoisotopic (exact) mass is 434 g/mol. The molecule has 0 spiro atoms. The molecule has 1 atom stereocenters. The Bertz CT molecular complexity index is 905. The Labute approximate surface area is 193 Å². The third-order valence-electron chi connectivity index (χ3n) is 7.32. The molecule has 2 aromatic rings. The van der Waals surface area contributed by atoms with E-state index in [0.717, 1.165) is 51.5 Å². The van der Waals surface area contributed by atoms with Crippen LogP contribution in [0.3, 0.4) is 0 Å². The van der Waals surface area contributed by atoms with Crippen molar-refractivity contribution in [1.82, 2.24) is 14.8 Å². The van der Waals surface area contributed by atoms with Crippen molar-refractivity contribution in [2.45, 2.75) is 53.0 Å². The first-order valence-corrected chi connectivity index (χ1v) is 12.2. The molecule has 2 aliphatic heterocycles. The number of hydrogen-bond donors (Lipinski definition) is 0. The van der Waals surface area contributed by atoms with Gasteiger partial charge in [-0.05, 0) is 86.9 Å². The minimum Gasteiger partial charge on any atom is -0.353 e. The van der Waals surface area contributed by atoms with Crippen molar-refractivity contribution in [2.75, 3.05) is 44.2 Å². The van der Waals surface area contributed by atoms with Crippen LogP contribution in [-0.2, 0) is 11.3 Å². The summed E-state index contributed by atoms with van der Waals surface area (Å²) in [6.07, 6.45) is 6.03. The summed E-state index contributed by atoms with van der Waals surface area (Å²) in [5.74, 6) is 1.98. The molecular formula is C27H38N4O. The third-order valence-corrected chi connectivity index (χ3v) is 7.32. The van der Waals surface area contributed by atoms with E-state index in [1.807, 2.05) is 24.4 Å². The number of benzene rings is 1. The van der Waals surface area contributed by atoms with Gasteiger partial charge in [0.2, 0.25) is 5.91 Å². The third kappa shape index (κ3) is 5.69. The Morgan fingerprint density at radius 3 is 2.53 bits per heavy atom. The summed E-state index contributed by atoms with van der Waals surface area (Å²) in [5, 5.41) is 0. The van der Waals surface area contributed by atoms with Gasteiger partial charge in [0.15, 0.2) is 0 Å². The van der Waals surface area contributed by atoms with Crippen LogP contribution in [0.4, 0.5) is 5.82 Å². The number of aromatic nitrogens is 1. The lowest BCUT2D eigenvalue weighted by Crippen LogP contribution is -2.49. The molecule has 0 bridgehead atoms. The fourth-order valence-corrected chi connectivity index (χ4v) is 5.17. The van der Waals surface area contributed by atoms with E-state index < -0.39 is 0 Å². The van der Waals surface area contributed by atoms with Crippen molar-refractivity contribution in [1.29, 1.82) is 0 Å². The predicted molar refractivity (Wildman–Crippen MR) is 131 cm³/mol. The summed E-state index contributed by atoms with van der Waals surface area (Å²) in [6.45, 7) is 13.3. The number of rotatable bonds is 6. The Morgan fingerprint density at radius 2 is 1.78 bits per heavy atom. The largest absolute Gasteiger partial charge is 0.353 e. The van der Waals surface area contributed by atoms with Gasteiger partial charge in [-0.2, -0.15) is 0 Å². The van der Waals surface area contributed by atoms with E-state index in [1.54, 1.807) is 0 Å². The number of carbonyl (C=O) groups excluding carboxylic acids is 1. The highest BCUT2D eigenvalue weighted by atomic mass is 16.2. The normalized spacial score (nSPS) is 19.9. The van der Waals surface area contributed by atoms with Crippen molar-refractivity contribution in [3.63, 3.8) is 0 Å². The summed E-state index contributed by atoms with van der Waals surface area (Å²) < 4.78 is 0. The lowest BCUT2D eigenvalue weighted by atomic mass is 9.92. The standard InChI is InChI=1S/C27H38N4O/c1-21-17-23(3)25(18-22(21)2)20-29-12-6-7-24(19-29)9-10-27(32)31-15-13-30(14-16-31)26-8-4-5-11-28-26/h4-5,8,11,17-18,24H,6-7,9-10,12-16,19-20H2,1-3H3/t24-/m0/s1. The SMILES string of the molecule is Cc1cc(C)c(CN2CCC[C@@H](CCC(=O)N3CCN(c4ccccn4)CC3)C2)cc1C. The van der Waals surface area contributed by atoms with Crippen LogP contribution in [0.25, 0.3) is 0 Å². The van der Waals surface area contributed by atoms with Gasteiger partial charge >= 0.3 is 0 Å². The first-order valence-electron chi connectivity index (χ1n) is 12.2. The fourth-order valence-electron chi connectivity index (χ4n) is 5.17. The maximum atomic E-state index is 12.8. The zero-order valence-corrected chi connectivity index (χ0v) is 20.0. The van der Waals surface area contributed by atoms with Crippen molar-refractivity contribution in [2.24, 2.45) is 5.92 Å². The molecule has 0 aliphatic carbocycles. The Kier molecular flexibility index (Phi) is 7.46. The van der Waals surface area contributed by atoms with E-state index in [2.05, 4.69) is 52.6 Å². The predicted octanol–water partition coefficient (Wildman–Crippen LogP) is 4.35. The van der Waals surface area contributed by atoms with Crippen LogP contribution in [0.2, 0.25) is 0 Å². The van der Waals surface area contributed by atoms with Crippen molar-refractivity contribution in [3.05, 3.63) is 58.8 Å². The number of pyridine rings is 1. The molecule has 1 aromatic heterocycles. The molecule has 4 rings (SSSR count). The molecule has 2 saturated heterocycles. The van der Waals surface area contributed by atoms with Crippen molar-refractivity contribution >= 4 is 11.7 Å². The quantitative estimate of drug-likeness (QED) is 0.678. The number of aryl methyl sites for hydroxylation is 3. The van der Waals surface area contributed by atoms with Gasteiger partial charge in [0, 0.05) is 51.9 Å². The van der Waals surface area contributed by atoms with Gasteiger partial charge in [-0.25, -0.2) is 4.98 Å². The summed E-state index contributed by atoms with van der Waals surface area (Å²) in [5.41, 5.74) is 5.61. The number of nitrogens with zero attached hydrogens (tertiary/aromatic N) is 4. The lowest BCUT2D eigenvalue weighted by molar-refractivity contribution is -0.131. The molecule has 1 amide bonds. The summed E-state index contributed by atoms with van der Waals surface area (Å²) in [4.78, 5) is 24.2. The van der Waals surface area contributed by atoms with Gasteiger partial charge in [0.05, 0.1) is 0 Å². The molecule has 0 saturated carbocycles. The van der Waals surface area contributed by atoms with E-state index in [9.17, 15) is 4.79 Å². The number of carbonyl (C=O) groups is 1. The van der Waals surface area contributed by atoms with Gasteiger partial charge in [0.1, 0.15) is 5.82 Å². The summed E-state index contributed by atoms with van der Waals surface area (Å²) in [6, 6.07) is 10.7. The molecular weight excluding hydrogens is 396 g/mol. The average molecular weight is 435 g/mol. The van der Waals surface area contributed by atoms with Gasteiger partial charge in [-0.3, -0.25) is 9.69 Å².